The van der Waals surface area contributed by atoms with Crippen LogP contribution >= 0.6 is 0 Å². The summed E-state index contributed by atoms with van der Waals surface area (Å²) in [6, 6.07) is 7.80. The minimum absolute atomic E-state index is 0.0389. The summed E-state index contributed by atoms with van der Waals surface area (Å²) < 4.78 is 7.16. The van der Waals surface area contributed by atoms with Crippen molar-refractivity contribution < 1.29 is 9.22 Å². The van der Waals surface area contributed by atoms with Gasteiger partial charge in [-0.1, -0.05) is 0 Å². The van der Waals surface area contributed by atoms with E-state index in [-0.39, 0.29) is 29.0 Å². The summed E-state index contributed by atoms with van der Waals surface area (Å²) in [6.07, 6.45) is 0.598. The zero-order chi connectivity index (χ0) is 22.9. The SMILES string of the molecule is C=C=C(CC)[C@@H]1[C@@H]([C@@H](C)O[Si](C)(C)C(C)(C)C)C(=O)N1C([Se])=Nc1ccc(C)cc1. The number of benzene rings is 1. The van der Waals surface area contributed by atoms with E-state index < -0.39 is 8.32 Å². The van der Waals surface area contributed by atoms with Gasteiger partial charge in [0.05, 0.1) is 0 Å². The first-order valence-corrected chi connectivity index (χ1v) is 14.3. The molecule has 0 aliphatic carbocycles. The first kappa shape index (κ1) is 24.8. The molecule has 163 valence electrons. The first-order chi connectivity index (χ1) is 13.8. The van der Waals surface area contributed by atoms with Gasteiger partial charge in [-0.3, -0.25) is 0 Å². The molecule has 1 aromatic rings. The van der Waals surface area contributed by atoms with Crippen LogP contribution in [0, 0.1) is 12.8 Å². The maximum absolute atomic E-state index is 13.3. The predicted octanol–water partition coefficient (Wildman–Crippen LogP) is 5.51. The molecule has 1 amide bonds. The van der Waals surface area contributed by atoms with Crippen molar-refractivity contribution in [3.05, 3.63) is 47.7 Å². The van der Waals surface area contributed by atoms with Gasteiger partial charge in [0, 0.05) is 0 Å². The maximum atomic E-state index is 13.3. The molecule has 1 saturated heterocycles. The van der Waals surface area contributed by atoms with Crippen LogP contribution in [0.5, 0.6) is 0 Å². The topological polar surface area (TPSA) is 41.9 Å². The number of carbonyl (C=O) groups is 1. The monoisotopic (exact) mass is 491 g/mol. The summed E-state index contributed by atoms with van der Waals surface area (Å²) in [4.78, 5) is 19.7. The van der Waals surface area contributed by atoms with Crippen molar-refractivity contribution in [2.45, 2.75) is 78.2 Å². The van der Waals surface area contributed by atoms with Gasteiger partial charge in [0.15, 0.2) is 0 Å². The Morgan fingerprint density at radius 1 is 1.33 bits per heavy atom. The third-order valence-electron chi connectivity index (χ3n) is 6.36. The zero-order valence-corrected chi connectivity index (χ0v) is 22.3. The Balaban J connectivity index is 2.34. The second kappa shape index (κ2) is 9.38. The van der Waals surface area contributed by atoms with Crippen molar-refractivity contribution in [2.24, 2.45) is 10.9 Å². The zero-order valence-electron chi connectivity index (χ0n) is 19.6. The number of hydrogen-bond donors (Lipinski definition) is 0. The van der Waals surface area contributed by atoms with Crippen LogP contribution in [-0.2, 0) is 9.22 Å². The van der Waals surface area contributed by atoms with Gasteiger partial charge in [-0.2, -0.15) is 0 Å². The molecular formula is C24H35N2O2SeSi. The number of likely N-dealkylation sites (tertiary alicyclic amines) is 1. The van der Waals surface area contributed by atoms with Crippen LogP contribution in [0.25, 0.3) is 0 Å². The molecule has 0 unspecified atom stereocenters. The summed E-state index contributed by atoms with van der Waals surface area (Å²) in [5, 5.41) is 0.0850. The molecule has 0 spiro atoms. The molecule has 1 radical (unpaired) electrons. The molecule has 30 heavy (non-hydrogen) atoms. The van der Waals surface area contributed by atoms with E-state index in [0.717, 1.165) is 17.7 Å². The second-order valence-corrected chi connectivity index (χ2v) is 15.1. The van der Waals surface area contributed by atoms with Crippen molar-refractivity contribution in [3.8, 4) is 0 Å². The van der Waals surface area contributed by atoms with Crippen molar-refractivity contribution in [3.63, 3.8) is 0 Å². The van der Waals surface area contributed by atoms with Gasteiger partial charge < -0.3 is 0 Å². The van der Waals surface area contributed by atoms with Crippen LogP contribution in [0.15, 0.2) is 47.1 Å². The Bertz CT molecular complexity index is 864. The van der Waals surface area contributed by atoms with E-state index in [1.165, 1.54) is 5.56 Å². The standard InChI is InChI=1S/C24H35N2O2SeSi/c1-10-18(11-2)21-20(17(4)28-30(8,9)24(5,6)7)22(27)26(21)23(29)25-19-14-12-16(3)13-15-19/h12-15,17,20-21H,1,11H2,2-9H3/t17-,20-,21-/m1/s1. The van der Waals surface area contributed by atoms with Crippen molar-refractivity contribution >= 4 is 40.7 Å². The van der Waals surface area contributed by atoms with Crippen LogP contribution in [0.2, 0.25) is 18.1 Å². The van der Waals surface area contributed by atoms with E-state index >= 15 is 0 Å². The minimum atomic E-state index is -2.00. The summed E-state index contributed by atoms with van der Waals surface area (Å²) in [7, 11) is -2.00. The molecule has 3 atom stereocenters. The van der Waals surface area contributed by atoms with Crippen LogP contribution < -0.4 is 0 Å². The molecule has 1 fully saturated rings. The molecule has 1 aliphatic heterocycles. The molecular weight excluding hydrogens is 455 g/mol. The van der Waals surface area contributed by atoms with Crippen molar-refractivity contribution in [2.75, 3.05) is 0 Å². The second-order valence-electron chi connectivity index (χ2n) is 9.55. The van der Waals surface area contributed by atoms with Crippen LogP contribution in [0.4, 0.5) is 5.69 Å². The number of amidine groups is 1. The number of amides is 1. The average Bonchev–Trinajstić information content (AvgIpc) is 2.62. The van der Waals surface area contributed by atoms with Gasteiger partial charge in [-0.25, -0.2) is 0 Å². The van der Waals surface area contributed by atoms with E-state index in [0.29, 0.717) is 4.73 Å². The summed E-state index contributed by atoms with van der Waals surface area (Å²) in [5.74, 6) is -0.211. The average molecular weight is 491 g/mol. The summed E-state index contributed by atoms with van der Waals surface area (Å²) >= 11 is 3.00. The van der Waals surface area contributed by atoms with Crippen molar-refractivity contribution in [1.82, 2.24) is 4.90 Å². The van der Waals surface area contributed by atoms with Gasteiger partial charge in [0.25, 0.3) is 0 Å². The van der Waals surface area contributed by atoms with Gasteiger partial charge >= 0.3 is 192 Å². The van der Waals surface area contributed by atoms with E-state index in [2.05, 4.69) is 74.1 Å². The molecule has 0 N–H and O–H groups in total. The fourth-order valence-corrected chi connectivity index (χ4v) is 5.57. The number of carbonyl (C=O) groups excluding carboxylic acids is 1. The Hall–Kier alpha value is -1.42. The van der Waals surface area contributed by atoms with Crippen molar-refractivity contribution in [1.29, 1.82) is 0 Å². The molecule has 1 aromatic carbocycles. The van der Waals surface area contributed by atoms with Gasteiger partial charge in [0.1, 0.15) is 0 Å². The fourth-order valence-electron chi connectivity index (χ4n) is 3.49. The molecule has 1 heterocycles. The number of aliphatic imine (C=N–C) groups is 1. The van der Waals surface area contributed by atoms with Gasteiger partial charge in [0.2, 0.25) is 0 Å². The summed E-state index contributed by atoms with van der Waals surface area (Å²) in [5.41, 5.74) is 6.07. The molecule has 6 heteroatoms. The number of rotatable bonds is 6. The summed E-state index contributed by atoms with van der Waals surface area (Å²) in [6.45, 7) is 21.1. The quantitative estimate of drug-likeness (QED) is 0.174. The van der Waals surface area contributed by atoms with E-state index in [1.807, 2.05) is 38.1 Å². The van der Waals surface area contributed by atoms with Gasteiger partial charge in [-0.15, -0.1) is 0 Å². The number of nitrogens with zero attached hydrogens (tertiary/aromatic N) is 2. The number of aryl methyl sites for hydroxylation is 1. The van der Waals surface area contributed by atoms with Gasteiger partial charge in [-0.05, 0) is 0 Å². The third kappa shape index (κ3) is 5.07. The Labute approximate surface area is 191 Å². The van der Waals surface area contributed by atoms with Crippen LogP contribution in [-0.4, -0.2) is 52.0 Å². The fraction of sp³-hybridized carbons (Fsp3) is 0.542. The van der Waals surface area contributed by atoms with E-state index in [4.69, 9.17) is 4.43 Å². The third-order valence-corrected chi connectivity index (χ3v) is 11.5. The first-order valence-electron chi connectivity index (χ1n) is 10.6. The molecule has 0 bridgehead atoms. The molecule has 1 aliphatic rings. The molecule has 4 nitrogen and oxygen atoms in total. The van der Waals surface area contributed by atoms with E-state index in [1.54, 1.807) is 4.90 Å². The van der Waals surface area contributed by atoms with Crippen LogP contribution in [0.3, 0.4) is 0 Å². The number of β-lactam (4-membered cyclic amide) rings is 1. The number of hydrogen-bond acceptors (Lipinski definition) is 3. The molecule has 2 rings (SSSR count). The Morgan fingerprint density at radius 3 is 2.37 bits per heavy atom. The predicted molar refractivity (Wildman–Crippen MR) is 129 cm³/mol. The Morgan fingerprint density at radius 2 is 1.90 bits per heavy atom. The van der Waals surface area contributed by atoms with Crippen LogP contribution in [0.1, 0.15) is 46.6 Å². The molecule has 0 aromatic heterocycles. The Kier molecular flexibility index (Phi) is 7.76. The van der Waals surface area contributed by atoms with E-state index in [9.17, 15) is 4.79 Å². The normalized spacial score (nSPS) is 21.1. The molecule has 0 saturated carbocycles.